The van der Waals surface area contributed by atoms with Gasteiger partial charge in [0.15, 0.2) is 0 Å². The van der Waals surface area contributed by atoms with E-state index in [1.807, 2.05) is 0 Å². The third kappa shape index (κ3) is 3.67. The maximum absolute atomic E-state index is 5.62. The van der Waals surface area contributed by atoms with Crippen molar-refractivity contribution in [2.24, 2.45) is 17.6 Å². The average Bonchev–Trinajstić information content (AvgIpc) is 2.29. The van der Waals surface area contributed by atoms with Crippen LogP contribution in [0.3, 0.4) is 0 Å². The monoisotopic (exact) mass is 239 g/mol. The highest BCUT2D eigenvalue weighted by Gasteiger charge is 2.29. The van der Waals surface area contributed by atoms with Crippen LogP contribution in [-0.4, -0.2) is 55.1 Å². The van der Waals surface area contributed by atoms with Crippen LogP contribution in [0.2, 0.25) is 0 Å². The average molecular weight is 239 g/mol. The highest BCUT2D eigenvalue weighted by Crippen LogP contribution is 2.26. The van der Waals surface area contributed by atoms with Gasteiger partial charge in [-0.05, 0) is 44.2 Å². The topological polar surface area (TPSA) is 32.5 Å². The molecule has 2 N–H and O–H groups in total. The molecule has 0 radical (unpaired) electrons. The minimum absolute atomic E-state index is 0.808. The van der Waals surface area contributed by atoms with E-state index in [0.29, 0.717) is 0 Å². The van der Waals surface area contributed by atoms with Gasteiger partial charge in [0.05, 0.1) is 0 Å². The van der Waals surface area contributed by atoms with Gasteiger partial charge in [-0.25, -0.2) is 0 Å². The Kier molecular flexibility index (Phi) is 4.83. The van der Waals surface area contributed by atoms with Crippen LogP contribution in [0.1, 0.15) is 33.1 Å². The lowest BCUT2D eigenvalue weighted by atomic mass is 9.89. The molecular weight excluding hydrogens is 210 g/mol. The molecule has 2 atom stereocenters. The molecular formula is C14H29N3. The summed E-state index contributed by atoms with van der Waals surface area (Å²) >= 11 is 0. The first kappa shape index (κ1) is 13.3. The molecule has 0 aliphatic carbocycles. The van der Waals surface area contributed by atoms with Gasteiger partial charge < -0.3 is 10.6 Å². The van der Waals surface area contributed by atoms with Gasteiger partial charge in [-0.15, -0.1) is 0 Å². The van der Waals surface area contributed by atoms with Gasteiger partial charge >= 0.3 is 0 Å². The van der Waals surface area contributed by atoms with Crippen LogP contribution < -0.4 is 5.73 Å². The van der Waals surface area contributed by atoms with Crippen LogP contribution in [0.25, 0.3) is 0 Å². The maximum atomic E-state index is 5.62. The number of piperidine rings is 2. The van der Waals surface area contributed by atoms with Gasteiger partial charge in [-0.2, -0.15) is 0 Å². The Morgan fingerprint density at radius 3 is 2.18 bits per heavy atom. The normalized spacial score (nSPS) is 34.1. The van der Waals surface area contributed by atoms with Crippen LogP contribution in [0.15, 0.2) is 0 Å². The van der Waals surface area contributed by atoms with Gasteiger partial charge in [-0.1, -0.05) is 13.8 Å². The van der Waals surface area contributed by atoms with Crippen molar-refractivity contribution in [2.45, 2.75) is 39.2 Å². The molecule has 2 saturated heterocycles. The predicted octanol–water partition coefficient (Wildman–Crippen LogP) is 1.39. The lowest BCUT2D eigenvalue weighted by Gasteiger charge is -2.43. The number of hydrogen-bond acceptors (Lipinski definition) is 3. The molecule has 17 heavy (non-hydrogen) atoms. The van der Waals surface area contributed by atoms with Crippen molar-refractivity contribution in [3.8, 4) is 0 Å². The second kappa shape index (κ2) is 6.17. The summed E-state index contributed by atoms with van der Waals surface area (Å²) in [4.78, 5) is 5.28. The van der Waals surface area contributed by atoms with Gasteiger partial charge in [0, 0.05) is 32.2 Å². The zero-order chi connectivity index (χ0) is 12.3. The molecule has 0 saturated carbocycles. The smallest absolute Gasteiger partial charge is 0.0120 e. The summed E-state index contributed by atoms with van der Waals surface area (Å²) in [5.74, 6) is 1.78. The Bertz CT molecular complexity index is 214. The Morgan fingerprint density at radius 2 is 1.65 bits per heavy atom. The van der Waals surface area contributed by atoms with Gasteiger partial charge in [-0.3, -0.25) is 4.90 Å². The van der Waals surface area contributed by atoms with E-state index in [2.05, 4.69) is 23.6 Å². The van der Waals surface area contributed by atoms with Crippen molar-refractivity contribution in [3.63, 3.8) is 0 Å². The molecule has 100 valence electrons. The van der Waals surface area contributed by atoms with E-state index >= 15 is 0 Å². The van der Waals surface area contributed by atoms with E-state index in [0.717, 1.165) is 31.0 Å². The summed E-state index contributed by atoms with van der Waals surface area (Å²) in [6, 6.07) is 0.842. The number of nitrogens with zero attached hydrogens (tertiary/aromatic N) is 2. The third-order valence-corrected chi connectivity index (χ3v) is 4.42. The molecule has 2 aliphatic heterocycles. The van der Waals surface area contributed by atoms with Crippen molar-refractivity contribution in [3.05, 3.63) is 0 Å². The molecule has 0 bridgehead atoms. The standard InChI is InChI=1S/C14H29N3/c1-12-9-13(2)11-17(10-12)14-3-6-16(7-4-14)8-5-15/h12-14H,3-11,15H2,1-2H3. The number of nitrogens with two attached hydrogens (primary N) is 1. The zero-order valence-corrected chi connectivity index (χ0v) is 11.6. The summed E-state index contributed by atoms with van der Waals surface area (Å²) in [6.45, 7) is 11.9. The minimum atomic E-state index is 0.808. The SMILES string of the molecule is CC1CC(C)CN(C2CCN(CCN)CC2)C1. The number of rotatable bonds is 3. The molecule has 3 heteroatoms. The number of hydrogen-bond donors (Lipinski definition) is 1. The molecule has 2 rings (SSSR count). The van der Waals surface area contributed by atoms with Crippen LogP contribution in [0, 0.1) is 11.8 Å². The Morgan fingerprint density at radius 1 is 1.06 bits per heavy atom. The fourth-order valence-electron chi connectivity index (χ4n) is 3.70. The predicted molar refractivity (Wildman–Crippen MR) is 73.0 cm³/mol. The summed E-state index contributed by atoms with van der Waals surface area (Å²) < 4.78 is 0. The van der Waals surface area contributed by atoms with Crippen molar-refractivity contribution in [1.29, 1.82) is 0 Å². The molecule has 0 aromatic rings. The Labute approximate surface area is 106 Å². The van der Waals surface area contributed by atoms with Crippen LogP contribution in [0.5, 0.6) is 0 Å². The van der Waals surface area contributed by atoms with Crippen LogP contribution in [0.4, 0.5) is 0 Å². The quantitative estimate of drug-likeness (QED) is 0.808. The van der Waals surface area contributed by atoms with Crippen molar-refractivity contribution in [1.82, 2.24) is 9.80 Å². The van der Waals surface area contributed by atoms with Crippen molar-refractivity contribution < 1.29 is 0 Å². The molecule has 0 amide bonds. The zero-order valence-electron chi connectivity index (χ0n) is 11.6. The van der Waals surface area contributed by atoms with Gasteiger partial charge in [0.1, 0.15) is 0 Å². The largest absolute Gasteiger partial charge is 0.329 e. The van der Waals surface area contributed by atoms with Crippen LogP contribution in [-0.2, 0) is 0 Å². The molecule has 3 nitrogen and oxygen atoms in total. The van der Waals surface area contributed by atoms with E-state index in [1.54, 1.807) is 0 Å². The Balaban J connectivity index is 1.79. The summed E-state index contributed by atoms with van der Waals surface area (Å²) in [6.07, 6.45) is 4.11. The van der Waals surface area contributed by atoms with Gasteiger partial charge in [0.25, 0.3) is 0 Å². The number of likely N-dealkylation sites (tertiary alicyclic amines) is 2. The lowest BCUT2D eigenvalue weighted by Crippen LogP contribution is -2.50. The fourth-order valence-corrected chi connectivity index (χ4v) is 3.70. The van der Waals surface area contributed by atoms with E-state index < -0.39 is 0 Å². The van der Waals surface area contributed by atoms with E-state index in [-0.39, 0.29) is 0 Å². The summed E-state index contributed by atoms with van der Waals surface area (Å²) in [5, 5.41) is 0. The third-order valence-electron chi connectivity index (χ3n) is 4.42. The summed E-state index contributed by atoms with van der Waals surface area (Å²) in [7, 11) is 0. The minimum Gasteiger partial charge on any atom is -0.329 e. The summed E-state index contributed by atoms with van der Waals surface area (Å²) in [5.41, 5.74) is 5.62. The molecule has 0 aromatic heterocycles. The van der Waals surface area contributed by atoms with E-state index in [4.69, 9.17) is 5.73 Å². The Hall–Kier alpha value is -0.120. The first-order valence-corrected chi connectivity index (χ1v) is 7.35. The lowest BCUT2D eigenvalue weighted by molar-refractivity contribution is 0.0555. The molecule has 0 spiro atoms. The molecule has 2 unspecified atom stereocenters. The second-order valence-corrected chi connectivity index (χ2v) is 6.26. The van der Waals surface area contributed by atoms with E-state index in [9.17, 15) is 0 Å². The first-order valence-electron chi connectivity index (χ1n) is 7.35. The highest BCUT2D eigenvalue weighted by molar-refractivity contribution is 4.84. The second-order valence-electron chi connectivity index (χ2n) is 6.26. The molecule has 0 aromatic carbocycles. The van der Waals surface area contributed by atoms with Crippen molar-refractivity contribution >= 4 is 0 Å². The van der Waals surface area contributed by atoms with Crippen LogP contribution >= 0.6 is 0 Å². The van der Waals surface area contributed by atoms with Crippen molar-refractivity contribution in [2.75, 3.05) is 39.3 Å². The molecule has 2 heterocycles. The fraction of sp³-hybridized carbons (Fsp3) is 1.00. The molecule has 2 aliphatic rings. The first-order chi connectivity index (χ1) is 8.19. The maximum Gasteiger partial charge on any atom is 0.0120 e. The molecule has 2 fully saturated rings. The van der Waals surface area contributed by atoms with Gasteiger partial charge in [0.2, 0.25) is 0 Å². The van der Waals surface area contributed by atoms with E-state index in [1.165, 1.54) is 45.4 Å². The highest BCUT2D eigenvalue weighted by atomic mass is 15.2.